The van der Waals surface area contributed by atoms with Crippen LogP contribution in [0.4, 0.5) is 0 Å². The molecule has 0 unspecified atom stereocenters. The van der Waals surface area contributed by atoms with Crippen LogP contribution in [0.25, 0.3) is 111 Å². The first-order valence-corrected chi connectivity index (χ1v) is 19.3. The molecule has 0 N–H and O–H groups in total. The maximum atomic E-state index is 5.27. The van der Waals surface area contributed by atoms with Crippen LogP contribution < -0.4 is 0 Å². The second kappa shape index (κ2) is 14.0. The lowest BCUT2D eigenvalue weighted by molar-refractivity contribution is 1.07. The third kappa shape index (κ3) is 6.10. The summed E-state index contributed by atoms with van der Waals surface area (Å²) in [4.78, 5) is 30.5. The molecule has 6 nitrogen and oxygen atoms in total. The molecule has 0 saturated carbocycles. The fourth-order valence-corrected chi connectivity index (χ4v) is 7.74. The molecule has 4 heterocycles. The van der Waals surface area contributed by atoms with Crippen molar-refractivity contribution >= 4 is 43.5 Å². The maximum Gasteiger partial charge on any atom is 0.166 e. The number of pyridine rings is 3. The molecule has 270 valence electrons. The summed E-state index contributed by atoms with van der Waals surface area (Å²) in [6.45, 7) is 0. The summed E-state index contributed by atoms with van der Waals surface area (Å²) in [6.07, 6.45) is 1.81. The van der Waals surface area contributed by atoms with E-state index < -0.39 is 0 Å². The molecule has 6 heteroatoms. The molecule has 0 spiro atoms. The predicted octanol–water partition coefficient (Wildman–Crippen LogP) is 12.7. The minimum Gasteiger partial charge on any atom is -0.255 e. The van der Waals surface area contributed by atoms with Crippen LogP contribution in [0.5, 0.6) is 0 Å². The fraction of sp³-hybridized carbons (Fsp3) is 0. The van der Waals surface area contributed by atoms with Crippen molar-refractivity contribution in [2.24, 2.45) is 0 Å². The van der Waals surface area contributed by atoms with Crippen molar-refractivity contribution in [3.8, 4) is 67.8 Å². The van der Waals surface area contributed by atoms with Crippen LogP contribution in [0.1, 0.15) is 0 Å². The second-order valence-electron chi connectivity index (χ2n) is 14.4. The van der Waals surface area contributed by atoms with Gasteiger partial charge in [0.15, 0.2) is 17.5 Å². The summed E-state index contributed by atoms with van der Waals surface area (Å²) in [6, 6.07) is 64.7. The normalized spacial score (nSPS) is 11.4. The van der Waals surface area contributed by atoms with Gasteiger partial charge in [-0.25, -0.2) is 24.9 Å². The number of benzene rings is 7. The molecule has 0 aliphatic carbocycles. The third-order valence-corrected chi connectivity index (χ3v) is 10.7. The number of aromatic nitrogens is 6. The zero-order chi connectivity index (χ0) is 38.4. The van der Waals surface area contributed by atoms with Gasteiger partial charge in [0.1, 0.15) is 0 Å². The highest BCUT2D eigenvalue weighted by Crippen LogP contribution is 2.33. The standard InChI is InChI=1S/C52H32N6/c1-2-9-33(10-3-1)35-18-23-39(24-19-35)50-56-51(58-52(57-50)44-17-7-13-36-16-8-30-53-47(36)44)43-15-6-14-41(32-43)45-28-26-37-21-22-38-27-29-46(55-49(38)48(37)54-45)42-25-20-34-11-4-5-12-40(34)31-42/h1-32H. The average molecular weight is 741 g/mol. The summed E-state index contributed by atoms with van der Waals surface area (Å²) in [7, 11) is 0. The van der Waals surface area contributed by atoms with Crippen molar-refractivity contribution in [1.82, 2.24) is 29.9 Å². The van der Waals surface area contributed by atoms with E-state index in [4.69, 9.17) is 29.9 Å². The molecule has 0 aliphatic rings. The third-order valence-electron chi connectivity index (χ3n) is 10.7. The smallest absolute Gasteiger partial charge is 0.166 e. The Labute approximate surface area is 334 Å². The Kier molecular flexibility index (Phi) is 8.04. The summed E-state index contributed by atoms with van der Waals surface area (Å²) in [5.74, 6) is 1.71. The highest BCUT2D eigenvalue weighted by Gasteiger charge is 2.16. The SMILES string of the molecule is c1ccc(-c2ccc(-c3nc(-c4cccc(-c5ccc6ccc7ccc(-c8ccc9ccccc9c8)nc7c6n5)c4)nc(-c4cccc5cccnc45)n3)cc2)cc1. The van der Waals surface area contributed by atoms with E-state index in [1.165, 1.54) is 10.8 Å². The van der Waals surface area contributed by atoms with E-state index in [1.54, 1.807) is 6.20 Å². The summed E-state index contributed by atoms with van der Waals surface area (Å²) < 4.78 is 0. The fourth-order valence-electron chi connectivity index (χ4n) is 7.74. The van der Waals surface area contributed by atoms with Crippen LogP contribution in [-0.2, 0) is 0 Å². The maximum absolute atomic E-state index is 5.27. The summed E-state index contributed by atoms with van der Waals surface area (Å²) in [5, 5.41) is 5.49. The Morgan fingerprint density at radius 1 is 0.259 bits per heavy atom. The molecular formula is C52H32N6. The molecular weight excluding hydrogens is 709 g/mol. The lowest BCUT2D eigenvalue weighted by atomic mass is 10.0. The molecule has 0 atom stereocenters. The Bertz CT molecular complexity index is 3340. The topological polar surface area (TPSA) is 77.3 Å². The summed E-state index contributed by atoms with van der Waals surface area (Å²) in [5.41, 5.74) is 11.2. The zero-order valence-electron chi connectivity index (χ0n) is 31.2. The van der Waals surface area contributed by atoms with Crippen molar-refractivity contribution in [3.05, 3.63) is 194 Å². The van der Waals surface area contributed by atoms with E-state index in [2.05, 4.69) is 152 Å². The van der Waals surface area contributed by atoms with Crippen LogP contribution in [0.15, 0.2) is 194 Å². The molecule has 11 aromatic rings. The van der Waals surface area contributed by atoms with Gasteiger partial charge < -0.3 is 0 Å². The van der Waals surface area contributed by atoms with E-state index in [0.29, 0.717) is 17.5 Å². The first-order valence-electron chi connectivity index (χ1n) is 19.3. The van der Waals surface area contributed by atoms with Crippen molar-refractivity contribution in [2.75, 3.05) is 0 Å². The van der Waals surface area contributed by atoms with Crippen molar-refractivity contribution < 1.29 is 0 Å². The van der Waals surface area contributed by atoms with Gasteiger partial charge in [0.05, 0.1) is 27.9 Å². The Balaban J connectivity index is 1.02. The van der Waals surface area contributed by atoms with Crippen LogP contribution >= 0.6 is 0 Å². The van der Waals surface area contributed by atoms with Gasteiger partial charge >= 0.3 is 0 Å². The van der Waals surface area contributed by atoms with Gasteiger partial charge in [-0.3, -0.25) is 4.98 Å². The first-order chi connectivity index (χ1) is 28.7. The van der Waals surface area contributed by atoms with Gasteiger partial charge in [-0.15, -0.1) is 0 Å². The Morgan fingerprint density at radius 3 is 1.53 bits per heavy atom. The number of para-hydroxylation sites is 1. The molecule has 0 bridgehead atoms. The van der Waals surface area contributed by atoms with Gasteiger partial charge in [-0.05, 0) is 58.3 Å². The average Bonchev–Trinajstić information content (AvgIpc) is 3.31. The second-order valence-corrected chi connectivity index (χ2v) is 14.4. The van der Waals surface area contributed by atoms with Crippen LogP contribution in [0.3, 0.4) is 0 Å². The van der Waals surface area contributed by atoms with Gasteiger partial charge in [0.25, 0.3) is 0 Å². The van der Waals surface area contributed by atoms with Gasteiger partial charge in [-0.2, -0.15) is 0 Å². The molecule has 4 aromatic heterocycles. The highest BCUT2D eigenvalue weighted by molar-refractivity contribution is 6.04. The minimum atomic E-state index is 0.561. The molecule has 0 radical (unpaired) electrons. The molecule has 0 saturated heterocycles. The quantitative estimate of drug-likeness (QED) is 0.158. The molecule has 7 aromatic carbocycles. The van der Waals surface area contributed by atoms with E-state index in [-0.39, 0.29) is 0 Å². The van der Waals surface area contributed by atoms with Crippen molar-refractivity contribution in [3.63, 3.8) is 0 Å². The van der Waals surface area contributed by atoms with Crippen LogP contribution in [0, 0.1) is 0 Å². The van der Waals surface area contributed by atoms with Gasteiger partial charge in [0.2, 0.25) is 0 Å². The Morgan fingerprint density at radius 2 is 0.759 bits per heavy atom. The number of nitrogens with zero attached hydrogens (tertiary/aromatic N) is 6. The lowest BCUT2D eigenvalue weighted by Gasteiger charge is -2.11. The van der Waals surface area contributed by atoms with E-state index in [9.17, 15) is 0 Å². The monoisotopic (exact) mass is 740 g/mol. The lowest BCUT2D eigenvalue weighted by Crippen LogP contribution is -2.01. The van der Waals surface area contributed by atoms with E-state index in [0.717, 1.165) is 83.0 Å². The number of hydrogen-bond acceptors (Lipinski definition) is 6. The predicted molar refractivity (Wildman–Crippen MR) is 236 cm³/mol. The molecule has 58 heavy (non-hydrogen) atoms. The molecule has 0 fully saturated rings. The highest BCUT2D eigenvalue weighted by atomic mass is 15.0. The first kappa shape index (κ1) is 33.4. The van der Waals surface area contributed by atoms with Crippen LogP contribution in [0.2, 0.25) is 0 Å². The molecule has 11 rings (SSSR count). The number of fused-ring (bicyclic) bond motifs is 5. The zero-order valence-corrected chi connectivity index (χ0v) is 31.2. The molecule has 0 amide bonds. The molecule has 0 aliphatic heterocycles. The number of hydrogen-bond donors (Lipinski definition) is 0. The minimum absolute atomic E-state index is 0.561. The van der Waals surface area contributed by atoms with Gasteiger partial charge in [-0.1, -0.05) is 152 Å². The largest absolute Gasteiger partial charge is 0.255 e. The van der Waals surface area contributed by atoms with E-state index in [1.807, 2.05) is 36.4 Å². The van der Waals surface area contributed by atoms with E-state index >= 15 is 0 Å². The van der Waals surface area contributed by atoms with Crippen LogP contribution in [-0.4, -0.2) is 29.9 Å². The summed E-state index contributed by atoms with van der Waals surface area (Å²) >= 11 is 0. The van der Waals surface area contributed by atoms with Gasteiger partial charge in [0, 0.05) is 50.2 Å². The van der Waals surface area contributed by atoms with Crippen molar-refractivity contribution in [1.29, 1.82) is 0 Å². The van der Waals surface area contributed by atoms with Crippen molar-refractivity contribution in [2.45, 2.75) is 0 Å². The number of rotatable bonds is 6. The Hall–Kier alpha value is -7.96.